The summed E-state index contributed by atoms with van der Waals surface area (Å²) in [7, 11) is 1.63. The van der Waals surface area contributed by atoms with Crippen LogP contribution < -0.4 is 15.2 Å². The zero-order valence-corrected chi connectivity index (χ0v) is 12.0. The Bertz CT molecular complexity index is 654. The zero-order chi connectivity index (χ0) is 15.2. The molecule has 2 aromatic rings. The van der Waals surface area contributed by atoms with Crippen LogP contribution in [0.2, 0.25) is 0 Å². The van der Waals surface area contributed by atoms with Crippen LogP contribution in [0.5, 0.6) is 11.5 Å². The van der Waals surface area contributed by atoms with E-state index in [2.05, 4.69) is 5.16 Å². The van der Waals surface area contributed by atoms with Crippen molar-refractivity contribution in [1.82, 2.24) is 0 Å². The molecule has 0 aromatic heterocycles. The first-order valence-corrected chi connectivity index (χ1v) is 6.49. The number of benzene rings is 2. The highest BCUT2D eigenvalue weighted by Gasteiger charge is 2.07. The van der Waals surface area contributed by atoms with Gasteiger partial charge in [0, 0.05) is 11.1 Å². The number of para-hydroxylation sites is 1. The SMILES string of the molecule is COc1ccccc1COc1cc(/C(N)=N/O)ccc1C. The minimum atomic E-state index is 0.0529. The lowest BCUT2D eigenvalue weighted by atomic mass is 10.1. The number of aryl methyl sites for hydroxylation is 1. The summed E-state index contributed by atoms with van der Waals surface area (Å²) in [6, 6.07) is 13.1. The molecule has 0 radical (unpaired) electrons. The van der Waals surface area contributed by atoms with Gasteiger partial charge in [-0.1, -0.05) is 35.5 Å². The van der Waals surface area contributed by atoms with Crippen LogP contribution in [0.1, 0.15) is 16.7 Å². The van der Waals surface area contributed by atoms with Crippen molar-refractivity contribution in [2.24, 2.45) is 10.9 Å². The van der Waals surface area contributed by atoms with Crippen molar-refractivity contribution >= 4 is 5.84 Å². The Morgan fingerprint density at radius 1 is 1.19 bits per heavy atom. The monoisotopic (exact) mass is 286 g/mol. The second-order valence-corrected chi connectivity index (χ2v) is 4.57. The van der Waals surface area contributed by atoms with E-state index in [0.29, 0.717) is 17.9 Å². The Hall–Kier alpha value is -2.69. The van der Waals surface area contributed by atoms with Gasteiger partial charge in [-0.05, 0) is 24.6 Å². The zero-order valence-electron chi connectivity index (χ0n) is 12.0. The number of hydrogen-bond donors (Lipinski definition) is 2. The summed E-state index contributed by atoms with van der Waals surface area (Å²) in [5, 5.41) is 11.7. The molecule has 0 aliphatic carbocycles. The van der Waals surface area contributed by atoms with Crippen LogP contribution in [0.25, 0.3) is 0 Å². The molecule has 0 spiro atoms. The molecule has 0 bridgehead atoms. The first-order valence-electron chi connectivity index (χ1n) is 6.49. The third-order valence-electron chi connectivity index (χ3n) is 3.17. The fourth-order valence-electron chi connectivity index (χ4n) is 1.95. The van der Waals surface area contributed by atoms with Crippen molar-refractivity contribution in [2.45, 2.75) is 13.5 Å². The summed E-state index contributed by atoms with van der Waals surface area (Å²) >= 11 is 0. The summed E-state index contributed by atoms with van der Waals surface area (Å²) in [5.41, 5.74) is 8.12. The summed E-state index contributed by atoms with van der Waals surface area (Å²) < 4.78 is 11.1. The predicted molar refractivity (Wildman–Crippen MR) is 81.0 cm³/mol. The lowest BCUT2D eigenvalue weighted by Gasteiger charge is -2.12. The molecule has 5 nitrogen and oxygen atoms in total. The molecule has 0 aliphatic rings. The van der Waals surface area contributed by atoms with Crippen LogP contribution in [0, 0.1) is 6.92 Å². The fraction of sp³-hybridized carbons (Fsp3) is 0.188. The van der Waals surface area contributed by atoms with Gasteiger partial charge in [0.05, 0.1) is 7.11 Å². The van der Waals surface area contributed by atoms with E-state index in [4.69, 9.17) is 20.4 Å². The molecule has 5 heteroatoms. The number of amidine groups is 1. The van der Waals surface area contributed by atoms with E-state index >= 15 is 0 Å². The molecule has 0 atom stereocenters. The van der Waals surface area contributed by atoms with Crippen LogP contribution in [0.3, 0.4) is 0 Å². The van der Waals surface area contributed by atoms with Gasteiger partial charge in [0.25, 0.3) is 0 Å². The first-order chi connectivity index (χ1) is 10.2. The number of rotatable bonds is 5. The van der Waals surface area contributed by atoms with Gasteiger partial charge in [0.2, 0.25) is 0 Å². The Labute approximate surface area is 123 Å². The highest BCUT2D eigenvalue weighted by atomic mass is 16.5. The third kappa shape index (κ3) is 3.45. The molecule has 0 saturated carbocycles. The van der Waals surface area contributed by atoms with E-state index < -0.39 is 0 Å². The minimum Gasteiger partial charge on any atom is -0.496 e. The van der Waals surface area contributed by atoms with Crippen molar-refractivity contribution in [3.63, 3.8) is 0 Å². The van der Waals surface area contributed by atoms with Crippen molar-refractivity contribution in [2.75, 3.05) is 7.11 Å². The van der Waals surface area contributed by atoms with Gasteiger partial charge in [0.15, 0.2) is 5.84 Å². The van der Waals surface area contributed by atoms with Gasteiger partial charge in [-0.25, -0.2) is 0 Å². The largest absolute Gasteiger partial charge is 0.496 e. The normalized spacial score (nSPS) is 11.2. The maximum Gasteiger partial charge on any atom is 0.170 e. The van der Waals surface area contributed by atoms with E-state index in [1.54, 1.807) is 19.2 Å². The van der Waals surface area contributed by atoms with Gasteiger partial charge in [-0.2, -0.15) is 0 Å². The summed E-state index contributed by atoms with van der Waals surface area (Å²) in [6.07, 6.45) is 0. The molecular formula is C16H18N2O3. The third-order valence-corrected chi connectivity index (χ3v) is 3.17. The molecule has 3 N–H and O–H groups in total. The van der Waals surface area contributed by atoms with Crippen LogP contribution in [0.4, 0.5) is 0 Å². The van der Waals surface area contributed by atoms with Crippen LogP contribution in [0.15, 0.2) is 47.6 Å². The molecule has 110 valence electrons. The van der Waals surface area contributed by atoms with E-state index in [1.807, 2.05) is 37.3 Å². The Balaban J connectivity index is 2.20. The summed E-state index contributed by atoms with van der Waals surface area (Å²) in [4.78, 5) is 0. The number of oxime groups is 1. The van der Waals surface area contributed by atoms with Crippen LogP contribution in [-0.2, 0) is 6.61 Å². The van der Waals surface area contributed by atoms with Gasteiger partial charge in [0.1, 0.15) is 18.1 Å². The van der Waals surface area contributed by atoms with Crippen molar-refractivity contribution < 1.29 is 14.7 Å². The molecular weight excluding hydrogens is 268 g/mol. The van der Waals surface area contributed by atoms with E-state index in [1.165, 1.54) is 0 Å². The Kier molecular flexibility index (Phi) is 4.66. The second kappa shape index (κ2) is 6.65. The highest BCUT2D eigenvalue weighted by molar-refractivity contribution is 5.97. The Morgan fingerprint density at radius 3 is 2.67 bits per heavy atom. The lowest BCUT2D eigenvalue weighted by molar-refractivity contribution is 0.294. The van der Waals surface area contributed by atoms with Crippen LogP contribution >= 0.6 is 0 Å². The number of nitrogens with zero attached hydrogens (tertiary/aromatic N) is 1. The molecule has 0 heterocycles. The smallest absolute Gasteiger partial charge is 0.170 e. The number of ether oxygens (including phenoxy) is 2. The number of hydrogen-bond acceptors (Lipinski definition) is 4. The van der Waals surface area contributed by atoms with Gasteiger partial charge < -0.3 is 20.4 Å². The van der Waals surface area contributed by atoms with E-state index in [-0.39, 0.29) is 5.84 Å². The van der Waals surface area contributed by atoms with Crippen LogP contribution in [-0.4, -0.2) is 18.2 Å². The van der Waals surface area contributed by atoms with Crippen molar-refractivity contribution in [3.05, 3.63) is 59.2 Å². The van der Waals surface area contributed by atoms with Gasteiger partial charge in [-0.3, -0.25) is 0 Å². The predicted octanol–water partition coefficient (Wildman–Crippen LogP) is 2.68. The second-order valence-electron chi connectivity index (χ2n) is 4.57. The molecule has 0 unspecified atom stereocenters. The average molecular weight is 286 g/mol. The molecule has 0 aliphatic heterocycles. The summed E-state index contributed by atoms with van der Waals surface area (Å²) in [6.45, 7) is 2.32. The maximum absolute atomic E-state index is 8.73. The van der Waals surface area contributed by atoms with Crippen molar-refractivity contribution in [3.8, 4) is 11.5 Å². The van der Waals surface area contributed by atoms with E-state index in [9.17, 15) is 0 Å². The molecule has 0 saturated heterocycles. The van der Waals surface area contributed by atoms with Gasteiger partial charge in [-0.15, -0.1) is 0 Å². The molecule has 2 aromatic carbocycles. The highest BCUT2D eigenvalue weighted by Crippen LogP contribution is 2.23. The average Bonchev–Trinajstić information content (AvgIpc) is 2.53. The van der Waals surface area contributed by atoms with Crippen molar-refractivity contribution in [1.29, 1.82) is 0 Å². The standard InChI is InChI=1S/C16H18N2O3/c1-11-7-8-12(16(17)18-19)9-15(11)21-10-13-5-3-4-6-14(13)20-2/h3-9,19H,10H2,1-2H3,(H2,17,18). The maximum atomic E-state index is 8.73. The first kappa shape index (κ1) is 14.7. The summed E-state index contributed by atoms with van der Waals surface area (Å²) in [5.74, 6) is 1.52. The minimum absolute atomic E-state index is 0.0529. The Morgan fingerprint density at radius 2 is 1.95 bits per heavy atom. The molecule has 0 fully saturated rings. The number of methoxy groups -OCH3 is 1. The molecule has 21 heavy (non-hydrogen) atoms. The van der Waals surface area contributed by atoms with E-state index in [0.717, 1.165) is 16.9 Å². The quantitative estimate of drug-likeness (QED) is 0.383. The molecule has 0 amide bonds. The topological polar surface area (TPSA) is 77.1 Å². The fourth-order valence-corrected chi connectivity index (χ4v) is 1.95. The lowest BCUT2D eigenvalue weighted by Crippen LogP contribution is -2.13. The number of nitrogens with two attached hydrogens (primary N) is 1. The van der Waals surface area contributed by atoms with Gasteiger partial charge >= 0.3 is 0 Å². The molecule has 2 rings (SSSR count).